The molecule has 30 heavy (non-hydrogen) atoms. The van der Waals surface area contributed by atoms with E-state index in [1.807, 2.05) is 43.0 Å². The second-order valence-corrected chi connectivity index (χ2v) is 7.92. The van der Waals surface area contributed by atoms with Crippen molar-refractivity contribution in [2.45, 2.75) is 33.2 Å². The molecule has 6 nitrogen and oxygen atoms in total. The molecule has 0 saturated carbocycles. The van der Waals surface area contributed by atoms with Crippen LogP contribution in [0, 0.1) is 0 Å². The first-order chi connectivity index (χ1) is 14.5. The Labute approximate surface area is 179 Å². The number of nitrogens with zero attached hydrogens (tertiary/aromatic N) is 3. The van der Waals surface area contributed by atoms with Gasteiger partial charge in [-0.1, -0.05) is 43.3 Å². The van der Waals surface area contributed by atoms with E-state index >= 15 is 0 Å². The van der Waals surface area contributed by atoms with E-state index in [4.69, 9.17) is 0 Å². The SMILES string of the molecule is CCCNC(=O)CN1CCN([C@H](C)C(=O)N(CC)c2cccc3ccccc23)CC1. The van der Waals surface area contributed by atoms with Crippen LogP contribution < -0.4 is 10.2 Å². The summed E-state index contributed by atoms with van der Waals surface area (Å²) in [7, 11) is 0. The Morgan fingerprint density at radius 2 is 1.73 bits per heavy atom. The van der Waals surface area contributed by atoms with Crippen molar-refractivity contribution < 1.29 is 9.59 Å². The monoisotopic (exact) mass is 410 g/mol. The van der Waals surface area contributed by atoms with Gasteiger partial charge in [0.25, 0.3) is 0 Å². The van der Waals surface area contributed by atoms with E-state index in [2.05, 4.69) is 40.2 Å². The second-order valence-electron chi connectivity index (χ2n) is 7.92. The Kier molecular flexibility index (Phi) is 7.82. The zero-order chi connectivity index (χ0) is 21.5. The normalized spacial score (nSPS) is 16.4. The molecule has 0 unspecified atom stereocenters. The highest BCUT2D eigenvalue weighted by atomic mass is 16.2. The summed E-state index contributed by atoms with van der Waals surface area (Å²) in [6, 6.07) is 14.1. The fourth-order valence-corrected chi connectivity index (χ4v) is 4.10. The molecule has 162 valence electrons. The first-order valence-corrected chi connectivity index (χ1v) is 11.1. The minimum Gasteiger partial charge on any atom is -0.355 e. The largest absolute Gasteiger partial charge is 0.355 e. The number of carbonyl (C=O) groups is 2. The Morgan fingerprint density at radius 1 is 1.03 bits per heavy atom. The molecule has 1 atom stereocenters. The van der Waals surface area contributed by atoms with Gasteiger partial charge in [-0.25, -0.2) is 0 Å². The average Bonchev–Trinajstić information content (AvgIpc) is 2.78. The van der Waals surface area contributed by atoms with Crippen LogP contribution in [0.25, 0.3) is 10.8 Å². The minimum absolute atomic E-state index is 0.0857. The predicted octanol–water partition coefficient (Wildman–Crippen LogP) is 2.73. The highest BCUT2D eigenvalue weighted by molar-refractivity contribution is 6.05. The van der Waals surface area contributed by atoms with Gasteiger partial charge in [-0.05, 0) is 31.7 Å². The molecule has 0 aliphatic carbocycles. The molecule has 1 aliphatic heterocycles. The van der Waals surface area contributed by atoms with E-state index in [0.29, 0.717) is 13.1 Å². The first-order valence-electron chi connectivity index (χ1n) is 11.1. The fourth-order valence-electron chi connectivity index (χ4n) is 4.10. The molecule has 0 bridgehead atoms. The zero-order valence-electron chi connectivity index (χ0n) is 18.4. The molecule has 0 spiro atoms. The van der Waals surface area contributed by atoms with Gasteiger partial charge in [0.15, 0.2) is 0 Å². The lowest BCUT2D eigenvalue weighted by Gasteiger charge is -2.38. The van der Waals surface area contributed by atoms with Crippen molar-refractivity contribution in [2.75, 3.05) is 50.7 Å². The van der Waals surface area contributed by atoms with Crippen LogP contribution in [-0.2, 0) is 9.59 Å². The smallest absolute Gasteiger partial charge is 0.244 e. The standard InChI is InChI=1S/C24H34N4O2/c1-4-13-25-23(29)18-26-14-16-27(17-15-26)19(3)24(30)28(5-2)22-12-8-10-20-9-6-7-11-21(20)22/h6-12,19H,4-5,13-18H2,1-3H3,(H,25,29)/t19-/m1/s1. The van der Waals surface area contributed by atoms with E-state index in [0.717, 1.165) is 55.6 Å². The van der Waals surface area contributed by atoms with Crippen LogP contribution in [0.3, 0.4) is 0 Å². The number of nitrogens with one attached hydrogen (secondary N) is 1. The van der Waals surface area contributed by atoms with Gasteiger partial charge in [-0.15, -0.1) is 0 Å². The van der Waals surface area contributed by atoms with Gasteiger partial charge in [0.05, 0.1) is 18.3 Å². The van der Waals surface area contributed by atoms with Crippen LogP contribution in [0.4, 0.5) is 5.69 Å². The highest BCUT2D eigenvalue weighted by Crippen LogP contribution is 2.27. The summed E-state index contributed by atoms with van der Waals surface area (Å²) in [6.45, 7) is 11.1. The number of piperazine rings is 1. The first kappa shape index (κ1) is 22.2. The Hall–Kier alpha value is -2.44. The molecule has 0 radical (unpaired) electrons. The van der Waals surface area contributed by atoms with E-state index in [9.17, 15) is 9.59 Å². The van der Waals surface area contributed by atoms with Gasteiger partial charge >= 0.3 is 0 Å². The molecule has 1 heterocycles. The quantitative estimate of drug-likeness (QED) is 0.727. The van der Waals surface area contributed by atoms with Crippen molar-refractivity contribution in [3.63, 3.8) is 0 Å². The fraction of sp³-hybridized carbons (Fsp3) is 0.500. The van der Waals surface area contributed by atoms with Gasteiger partial charge in [-0.2, -0.15) is 0 Å². The molecule has 2 aromatic carbocycles. The molecule has 6 heteroatoms. The van der Waals surface area contributed by atoms with Gasteiger partial charge in [0, 0.05) is 44.7 Å². The third-order valence-electron chi connectivity index (χ3n) is 5.89. The summed E-state index contributed by atoms with van der Waals surface area (Å²) in [6.07, 6.45) is 0.948. The van der Waals surface area contributed by atoms with Gasteiger partial charge in [0.2, 0.25) is 11.8 Å². The number of hydrogen-bond donors (Lipinski definition) is 1. The molecule has 0 aromatic heterocycles. The molecular formula is C24H34N4O2. The number of likely N-dealkylation sites (N-methyl/N-ethyl adjacent to an activating group) is 1. The second kappa shape index (κ2) is 10.5. The number of carbonyl (C=O) groups excluding carboxylic acids is 2. The van der Waals surface area contributed by atoms with Crippen molar-refractivity contribution in [3.05, 3.63) is 42.5 Å². The number of amides is 2. The third kappa shape index (κ3) is 5.18. The summed E-state index contributed by atoms with van der Waals surface area (Å²) < 4.78 is 0. The number of benzene rings is 2. The lowest BCUT2D eigenvalue weighted by molar-refractivity contribution is -0.126. The van der Waals surface area contributed by atoms with Crippen molar-refractivity contribution in [1.29, 1.82) is 0 Å². The van der Waals surface area contributed by atoms with Crippen molar-refractivity contribution in [2.24, 2.45) is 0 Å². The van der Waals surface area contributed by atoms with Crippen LogP contribution in [0.15, 0.2) is 42.5 Å². The molecule has 1 aliphatic rings. The predicted molar refractivity (Wildman–Crippen MR) is 123 cm³/mol. The Bertz CT molecular complexity index is 856. The number of fused-ring (bicyclic) bond motifs is 1. The molecular weight excluding hydrogens is 376 g/mol. The van der Waals surface area contributed by atoms with Crippen LogP contribution in [-0.4, -0.2) is 73.5 Å². The topological polar surface area (TPSA) is 55.9 Å². The van der Waals surface area contributed by atoms with Gasteiger partial charge < -0.3 is 10.2 Å². The molecule has 2 amide bonds. The molecule has 3 rings (SSSR count). The number of rotatable bonds is 8. The molecule has 1 N–H and O–H groups in total. The van der Waals surface area contributed by atoms with E-state index < -0.39 is 0 Å². The number of anilines is 1. The van der Waals surface area contributed by atoms with Gasteiger partial charge in [-0.3, -0.25) is 19.4 Å². The highest BCUT2D eigenvalue weighted by Gasteiger charge is 2.29. The summed E-state index contributed by atoms with van der Waals surface area (Å²) >= 11 is 0. The maximum atomic E-state index is 13.4. The van der Waals surface area contributed by atoms with Gasteiger partial charge in [0.1, 0.15) is 0 Å². The third-order valence-corrected chi connectivity index (χ3v) is 5.89. The Balaban J connectivity index is 1.63. The maximum absolute atomic E-state index is 13.4. The van der Waals surface area contributed by atoms with Crippen molar-refractivity contribution >= 4 is 28.3 Å². The van der Waals surface area contributed by atoms with E-state index in [-0.39, 0.29) is 17.9 Å². The lowest BCUT2D eigenvalue weighted by atomic mass is 10.1. The summed E-state index contributed by atoms with van der Waals surface area (Å²) in [4.78, 5) is 31.7. The van der Waals surface area contributed by atoms with Crippen LogP contribution in [0.2, 0.25) is 0 Å². The van der Waals surface area contributed by atoms with Crippen LogP contribution in [0.5, 0.6) is 0 Å². The van der Waals surface area contributed by atoms with Crippen molar-refractivity contribution in [1.82, 2.24) is 15.1 Å². The summed E-state index contributed by atoms with van der Waals surface area (Å²) in [5.41, 5.74) is 0.971. The average molecular weight is 411 g/mol. The van der Waals surface area contributed by atoms with Crippen molar-refractivity contribution in [3.8, 4) is 0 Å². The zero-order valence-corrected chi connectivity index (χ0v) is 18.4. The molecule has 2 aromatic rings. The van der Waals surface area contributed by atoms with Crippen LogP contribution >= 0.6 is 0 Å². The molecule has 1 saturated heterocycles. The number of hydrogen-bond acceptors (Lipinski definition) is 4. The van der Waals surface area contributed by atoms with E-state index in [1.54, 1.807) is 0 Å². The van der Waals surface area contributed by atoms with E-state index in [1.165, 1.54) is 0 Å². The van der Waals surface area contributed by atoms with Crippen LogP contribution in [0.1, 0.15) is 27.2 Å². The lowest BCUT2D eigenvalue weighted by Crippen LogP contribution is -2.55. The molecule has 1 fully saturated rings. The maximum Gasteiger partial charge on any atom is 0.244 e. The summed E-state index contributed by atoms with van der Waals surface area (Å²) in [5, 5.41) is 5.18. The summed E-state index contributed by atoms with van der Waals surface area (Å²) in [5.74, 6) is 0.213. The Morgan fingerprint density at radius 3 is 2.43 bits per heavy atom. The minimum atomic E-state index is -0.194.